The van der Waals surface area contributed by atoms with E-state index in [0.717, 1.165) is 37.1 Å². The van der Waals surface area contributed by atoms with Crippen LogP contribution in [0, 0.1) is 5.92 Å². The van der Waals surface area contributed by atoms with Gasteiger partial charge in [0.2, 0.25) is 0 Å². The minimum atomic E-state index is -4.10. The monoisotopic (exact) mass is 417 g/mol. The van der Waals surface area contributed by atoms with Gasteiger partial charge in [-0.3, -0.25) is 4.79 Å². The van der Waals surface area contributed by atoms with Crippen molar-refractivity contribution in [3.63, 3.8) is 0 Å². The molecule has 2 aliphatic rings. The Morgan fingerprint density at radius 2 is 1.37 bits per heavy atom. The van der Waals surface area contributed by atoms with Crippen LogP contribution in [-0.4, -0.2) is 36.2 Å². The Balaban J connectivity index is 1.34. The van der Waals surface area contributed by atoms with E-state index in [1.807, 2.05) is 53.4 Å². The molecule has 1 saturated carbocycles. The van der Waals surface area contributed by atoms with Crippen LogP contribution in [0.15, 0.2) is 48.5 Å². The topological polar surface area (TPSA) is 29.5 Å². The summed E-state index contributed by atoms with van der Waals surface area (Å²) in [6.07, 6.45) is -0.989. The third-order valence-corrected chi connectivity index (χ3v) is 6.15. The van der Waals surface area contributed by atoms with E-state index in [9.17, 15) is 18.0 Å². The summed E-state index contributed by atoms with van der Waals surface area (Å²) in [7, 11) is 0. The lowest BCUT2D eigenvalue weighted by molar-refractivity contribution is -0.185. The fourth-order valence-electron chi connectivity index (χ4n) is 4.33. The molecule has 0 aromatic heterocycles. The summed E-state index contributed by atoms with van der Waals surface area (Å²) >= 11 is 0. The highest BCUT2D eigenvalue weighted by Gasteiger charge is 2.41. The van der Waals surface area contributed by atoms with Crippen LogP contribution >= 0.6 is 0 Å². The zero-order valence-electron chi connectivity index (χ0n) is 16.8. The van der Waals surface area contributed by atoms with Crippen molar-refractivity contribution in [2.75, 3.05) is 13.1 Å². The number of rotatable bonds is 4. The van der Waals surface area contributed by atoms with Gasteiger partial charge in [0.25, 0.3) is 5.91 Å². The van der Waals surface area contributed by atoms with Gasteiger partial charge in [-0.25, -0.2) is 0 Å². The van der Waals surface area contributed by atoms with Gasteiger partial charge in [0, 0.05) is 18.7 Å². The molecule has 6 heteroatoms. The van der Waals surface area contributed by atoms with E-state index < -0.39 is 12.1 Å². The quantitative estimate of drug-likeness (QED) is 0.603. The number of amides is 1. The fourth-order valence-corrected chi connectivity index (χ4v) is 4.33. The van der Waals surface area contributed by atoms with Crippen molar-refractivity contribution in [2.24, 2.45) is 5.92 Å². The Bertz CT molecular complexity index is 848. The molecule has 160 valence electrons. The second kappa shape index (κ2) is 8.70. The number of carbonyl (C=O) groups excluding carboxylic acids is 1. The molecular formula is C24H26F3NO2. The van der Waals surface area contributed by atoms with Crippen molar-refractivity contribution in [2.45, 2.75) is 50.8 Å². The average Bonchev–Trinajstić information content (AvgIpc) is 3.29. The SMILES string of the molecule is O=C(c1ccc(-c2ccc(OC3CCC(C(F)(F)F)CC3)cc2)cc1)N1CCCC1. The van der Waals surface area contributed by atoms with Crippen LogP contribution in [0.3, 0.4) is 0 Å². The number of ether oxygens (including phenoxy) is 1. The number of carbonyl (C=O) groups is 1. The van der Waals surface area contributed by atoms with Crippen molar-refractivity contribution in [1.82, 2.24) is 4.90 Å². The Hall–Kier alpha value is -2.50. The molecule has 1 saturated heterocycles. The zero-order chi connectivity index (χ0) is 21.1. The second-order valence-electron chi connectivity index (χ2n) is 8.23. The average molecular weight is 417 g/mol. The summed E-state index contributed by atoms with van der Waals surface area (Å²) in [5, 5.41) is 0. The number of hydrogen-bond acceptors (Lipinski definition) is 2. The van der Waals surface area contributed by atoms with Crippen LogP contribution in [-0.2, 0) is 0 Å². The first-order valence-corrected chi connectivity index (χ1v) is 10.6. The van der Waals surface area contributed by atoms with E-state index in [4.69, 9.17) is 4.74 Å². The van der Waals surface area contributed by atoms with Gasteiger partial charge in [0.1, 0.15) is 5.75 Å². The smallest absolute Gasteiger partial charge is 0.391 e. The molecule has 0 spiro atoms. The summed E-state index contributed by atoms with van der Waals surface area (Å²) in [5.74, 6) is -0.432. The molecule has 3 nitrogen and oxygen atoms in total. The van der Waals surface area contributed by atoms with Gasteiger partial charge in [-0.1, -0.05) is 24.3 Å². The van der Waals surface area contributed by atoms with Gasteiger partial charge in [0.15, 0.2) is 0 Å². The van der Waals surface area contributed by atoms with Crippen molar-refractivity contribution < 1.29 is 22.7 Å². The molecule has 0 atom stereocenters. The molecular weight excluding hydrogens is 391 g/mol. The molecule has 2 aromatic rings. The first kappa shape index (κ1) is 20.8. The zero-order valence-corrected chi connectivity index (χ0v) is 16.8. The molecule has 4 rings (SSSR count). The summed E-state index contributed by atoms with van der Waals surface area (Å²) in [4.78, 5) is 14.3. The molecule has 0 radical (unpaired) electrons. The van der Waals surface area contributed by atoms with Crippen molar-refractivity contribution in [3.05, 3.63) is 54.1 Å². The third kappa shape index (κ3) is 4.79. The fraction of sp³-hybridized carbons (Fsp3) is 0.458. The summed E-state index contributed by atoms with van der Waals surface area (Å²) in [5.41, 5.74) is 2.71. The van der Waals surface area contributed by atoms with Gasteiger partial charge in [-0.15, -0.1) is 0 Å². The Morgan fingerprint density at radius 3 is 1.90 bits per heavy atom. The highest BCUT2D eigenvalue weighted by Crippen LogP contribution is 2.38. The number of benzene rings is 2. The Kier molecular flexibility index (Phi) is 6.02. The normalized spacial score (nSPS) is 22.2. The maximum atomic E-state index is 12.8. The molecule has 30 heavy (non-hydrogen) atoms. The lowest BCUT2D eigenvalue weighted by Crippen LogP contribution is -2.31. The molecule has 1 heterocycles. The van der Waals surface area contributed by atoms with Crippen molar-refractivity contribution in [3.8, 4) is 16.9 Å². The Morgan fingerprint density at radius 1 is 0.833 bits per heavy atom. The third-order valence-electron chi connectivity index (χ3n) is 6.15. The molecule has 1 amide bonds. The first-order valence-electron chi connectivity index (χ1n) is 10.6. The predicted molar refractivity (Wildman–Crippen MR) is 109 cm³/mol. The van der Waals surface area contributed by atoms with Crippen LogP contribution in [0.25, 0.3) is 11.1 Å². The number of nitrogens with zero attached hydrogens (tertiary/aromatic N) is 1. The van der Waals surface area contributed by atoms with Crippen molar-refractivity contribution >= 4 is 5.91 Å². The molecule has 0 N–H and O–H groups in total. The van der Waals surface area contributed by atoms with E-state index in [1.54, 1.807) is 0 Å². The largest absolute Gasteiger partial charge is 0.490 e. The van der Waals surface area contributed by atoms with E-state index in [-0.39, 0.29) is 24.9 Å². The number of likely N-dealkylation sites (tertiary alicyclic amines) is 1. The summed E-state index contributed by atoms with van der Waals surface area (Å²) in [6, 6.07) is 15.2. The van der Waals surface area contributed by atoms with Gasteiger partial charge < -0.3 is 9.64 Å². The van der Waals surface area contributed by atoms with Crippen LogP contribution < -0.4 is 4.74 Å². The molecule has 1 aliphatic heterocycles. The van der Waals surface area contributed by atoms with E-state index in [2.05, 4.69) is 0 Å². The van der Waals surface area contributed by atoms with Crippen LogP contribution in [0.2, 0.25) is 0 Å². The van der Waals surface area contributed by atoms with Gasteiger partial charge >= 0.3 is 6.18 Å². The molecule has 2 fully saturated rings. The second-order valence-corrected chi connectivity index (χ2v) is 8.23. The lowest BCUT2D eigenvalue weighted by atomic mass is 9.87. The maximum Gasteiger partial charge on any atom is 0.391 e. The minimum Gasteiger partial charge on any atom is -0.490 e. The highest BCUT2D eigenvalue weighted by atomic mass is 19.4. The van der Waals surface area contributed by atoms with Gasteiger partial charge in [-0.05, 0) is 73.9 Å². The van der Waals surface area contributed by atoms with Gasteiger partial charge in [-0.2, -0.15) is 13.2 Å². The molecule has 1 aliphatic carbocycles. The highest BCUT2D eigenvalue weighted by molar-refractivity contribution is 5.94. The molecule has 2 aromatic carbocycles. The Labute approximate surface area is 174 Å². The summed E-state index contributed by atoms with van der Waals surface area (Å²) in [6.45, 7) is 1.67. The molecule has 0 bridgehead atoms. The van der Waals surface area contributed by atoms with E-state index in [0.29, 0.717) is 24.2 Å². The lowest BCUT2D eigenvalue weighted by Gasteiger charge is -2.30. The molecule has 0 unspecified atom stereocenters. The minimum absolute atomic E-state index is 0.0861. The van der Waals surface area contributed by atoms with Crippen molar-refractivity contribution in [1.29, 1.82) is 0 Å². The van der Waals surface area contributed by atoms with Gasteiger partial charge in [0.05, 0.1) is 12.0 Å². The maximum absolute atomic E-state index is 12.8. The van der Waals surface area contributed by atoms with E-state index in [1.165, 1.54) is 0 Å². The van der Waals surface area contributed by atoms with Crippen LogP contribution in [0.5, 0.6) is 5.75 Å². The predicted octanol–water partition coefficient (Wildman–Crippen LogP) is 6.09. The summed E-state index contributed by atoms with van der Waals surface area (Å²) < 4.78 is 44.3. The van der Waals surface area contributed by atoms with Crippen LogP contribution in [0.1, 0.15) is 48.9 Å². The first-order chi connectivity index (χ1) is 14.4. The number of alkyl halides is 3. The number of halogens is 3. The van der Waals surface area contributed by atoms with Crippen LogP contribution in [0.4, 0.5) is 13.2 Å². The van der Waals surface area contributed by atoms with E-state index >= 15 is 0 Å². The number of hydrogen-bond donors (Lipinski definition) is 0. The standard InChI is InChI=1S/C24H26F3NO2/c25-24(26,27)20-9-13-22(14-10-20)30-21-11-7-18(8-12-21)17-3-5-19(6-4-17)23(29)28-15-1-2-16-28/h3-8,11-12,20,22H,1-2,9-10,13-16H2.